The van der Waals surface area contributed by atoms with Gasteiger partial charge in [-0.1, -0.05) is 51.1 Å². The van der Waals surface area contributed by atoms with E-state index >= 15 is 0 Å². The standard InChI is InChI=1S/C26H37N3O5S/c1-6-17-27-26(31)23(8-3)28(18-20-13-15-22(34-4)16-14-20)25(30)19-29(35(5,32)33)24-12-10-9-11-21(24)7-2/h9-16,23H,6-8,17-19H2,1-5H3,(H,27,31)/t23-/m0/s1. The lowest BCUT2D eigenvalue weighted by Gasteiger charge is -2.33. The summed E-state index contributed by atoms with van der Waals surface area (Å²) in [4.78, 5) is 28.1. The van der Waals surface area contributed by atoms with E-state index in [9.17, 15) is 18.0 Å². The van der Waals surface area contributed by atoms with E-state index in [0.717, 1.165) is 28.1 Å². The molecule has 8 nitrogen and oxygen atoms in total. The first-order valence-corrected chi connectivity index (χ1v) is 13.8. The number of nitrogens with one attached hydrogen (secondary N) is 1. The number of aryl methyl sites for hydroxylation is 1. The molecule has 0 saturated carbocycles. The molecule has 2 amide bonds. The van der Waals surface area contributed by atoms with Crippen LogP contribution >= 0.6 is 0 Å². The van der Waals surface area contributed by atoms with E-state index in [1.54, 1.807) is 31.4 Å². The molecule has 2 rings (SSSR count). The molecular weight excluding hydrogens is 466 g/mol. The molecule has 0 aliphatic rings. The Morgan fingerprint density at radius 1 is 1.03 bits per heavy atom. The Kier molecular flexibility index (Phi) is 10.6. The molecule has 192 valence electrons. The van der Waals surface area contributed by atoms with Gasteiger partial charge in [-0.05, 0) is 48.6 Å². The topological polar surface area (TPSA) is 96.0 Å². The lowest BCUT2D eigenvalue weighted by molar-refractivity contribution is -0.140. The zero-order chi connectivity index (χ0) is 26.0. The summed E-state index contributed by atoms with van der Waals surface area (Å²) >= 11 is 0. The van der Waals surface area contributed by atoms with Crippen molar-refractivity contribution in [2.75, 3.05) is 30.8 Å². The van der Waals surface area contributed by atoms with Crippen molar-refractivity contribution in [2.24, 2.45) is 0 Å². The van der Waals surface area contributed by atoms with Gasteiger partial charge in [0.2, 0.25) is 21.8 Å². The maximum atomic E-state index is 13.7. The highest BCUT2D eigenvalue weighted by Crippen LogP contribution is 2.24. The fourth-order valence-corrected chi connectivity index (χ4v) is 4.74. The summed E-state index contributed by atoms with van der Waals surface area (Å²) in [5.74, 6) is -0.0227. The van der Waals surface area contributed by atoms with Crippen LogP contribution in [0, 0.1) is 0 Å². The van der Waals surface area contributed by atoms with Crippen LogP contribution in [0.4, 0.5) is 5.69 Å². The minimum atomic E-state index is -3.76. The van der Waals surface area contributed by atoms with Gasteiger partial charge in [0.25, 0.3) is 0 Å². The third-order valence-corrected chi connectivity index (χ3v) is 6.89. The molecule has 9 heteroatoms. The van der Waals surface area contributed by atoms with Gasteiger partial charge in [-0.3, -0.25) is 13.9 Å². The molecule has 0 heterocycles. The van der Waals surface area contributed by atoms with Gasteiger partial charge in [-0.15, -0.1) is 0 Å². The van der Waals surface area contributed by atoms with Crippen LogP contribution in [-0.4, -0.2) is 57.6 Å². The third-order valence-electron chi connectivity index (χ3n) is 5.77. The fraction of sp³-hybridized carbons (Fsp3) is 0.462. The number of hydrogen-bond donors (Lipinski definition) is 1. The van der Waals surface area contributed by atoms with Gasteiger partial charge in [0.15, 0.2) is 0 Å². The molecule has 0 radical (unpaired) electrons. The number of methoxy groups -OCH3 is 1. The predicted octanol–water partition coefficient (Wildman–Crippen LogP) is 3.36. The molecule has 1 atom stereocenters. The zero-order valence-electron chi connectivity index (χ0n) is 21.3. The van der Waals surface area contributed by atoms with Gasteiger partial charge in [-0.25, -0.2) is 8.42 Å². The number of amides is 2. The largest absolute Gasteiger partial charge is 0.497 e. The SMILES string of the molecule is CCCNC(=O)[C@H](CC)N(Cc1ccc(OC)cc1)C(=O)CN(c1ccccc1CC)S(C)(=O)=O. The van der Waals surface area contributed by atoms with Crippen molar-refractivity contribution in [2.45, 2.75) is 52.6 Å². The number of carbonyl (C=O) groups excluding carboxylic acids is 2. The number of sulfonamides is 1. The van der Waals surface area contributed by atoms with Crippen LogP contribution in [0.15, 0.2) is 48.5 Å². The molecule has 0 fully saturated rings. The summed E-state index contributed by atoms with van der Waals surface area (Å²) in [6.07, 6.45) is 2.86. The Labute approximate surface area is 209 Å². The first-order valence-electron chi connectivity index (χ1n) is 11.9. The normalized spacial score (nSPS) is 12.0. The van der Waals surface area contributed by atoms with Crippen molar-refractivity contribution in [3.8, 4) is 5.75 Å². The Morgan fingerprint density at radius 2 is 1.69 bits per heavy atom. The third kappa shape index (κ3) is 7.71. The van der Waals surface area contributed by atoms with Gasteiger partial charge >= 0.3 is 0 Å². The van der Waals surface area contributed by atoms with E-state index in [-0.39, 0.29) is 12.5 Å². The number of benzene rings is 2. The van der Waals surface area contributed by atoms with Crippen molar-refractivity contribution in [3.05, 3.63) is 59.7 Å². The van der Waals surface area contributed by atoms with Gasteiger partial charge in [-0.2, -0.15) is 0 Å². The van der Waals surface area contributed by atoms with Crippen molar-refractivity contribution in [1.29, 1.82) is 0 Å². The first kappa shape index (κ1) is 28.2. The number of carbonyl (C=O) groups is 2. The highest BCUT2D eigenvalue weighted by Gasteiger charge is 2.32. The number of hydrogen-bond acceptors (Lipinski definition) is 5. The van der Waals surface area contributed by atoms with Gasteiger partial charge in [0.1, 0.15) is 18.3 Å². The van der Waals surface area contributed by atoms with E-state index in [0.29, 0.717) is 30.8 Å². The van der Waals surface area contributed by atoms with Crippen molar-refractivity contribution in [1.82, 2.24) is 10.2 Å². The molecule has 0 unspecified atom stereocenters. The van der Waals surface area contributed by atoms with Crippen molar-refractivity contribution in [3.63, 3.8) is 0 Å². The zero-order valence-corrected chi connectivity index (χ0v) is 22.1. The van der Waals surface area contributed by atoms with Crippen LogP contribution in [0.2, 0.25) is 0 Å². The molecule has 0 aliphatic heterocycles. The van der Waals surface area contributed by atoms with E-state index in [1.165, 1.54) is 4.90 Å². The lowest BCUT2D eigenvalue weighted by atomic mass is 10.1. The second kappa shape index (κ2) is 13.1. The van der Waals surface area contributed by atoms with Crippen LogP contribution in [0.25, 0.3) is 0 Å². The summed E-state index contributed by atoms with van der Waals surface area (Å²) in [5, 5.41) is 2.87. The fourth-order valence-electron chi connectivity index (χ4n) is 3.86. The van der Waals surface area contributed by atoms with Gasteiger partial charge in [0, 0.05) is 13.1 Å². The highest BCUT2D eigenvalue weighted by atomic mass is 32.2. The van der Waals surface area contributed by atoms with Gasteiger partial charge in [0.05, 0.1) is 19.1 Å². The molecule has 1 N–H and O–H groups in total. The second-order valence-electron chi connectivity index (χ2n) is 8.34. The number of nitrogens with zero attached hydrogens (tertiary/aromatic N) is 2. The Balaban J connectivity index is 2.45. The average Bonchev–Trinajstić information content (AvgIpc) is 2.85. The van der Waals surface area contributed by atoms with Crippen LogP contribution < -0.4 is 14.4 Å². The second-order valence-corrected chi connectivity index (χ2v) is 10.2. The van der Waals surface area contributed by atoms with Crippen LogP contribution in [-0.2, 0) is 32.6 Å². The number of para-hydroxylation sites is 1. The van der Waals surface area contributed by atoms with Crippen LogP contribution in [0.3, 0.4) is 0 Å². The number of rotatable bonds is 13. The molecule has 0 spiro atoms. The molecule has 35 heavy (non-hydrogen) atoms. The maximum Gasteiger partial charge on any atom is 0.244 e. The Morgan fingerprint density at radius 3 is 2.23 bits per heavy atom. The van der Waals surface area contributed by atoms with E-state index in [1.807, 2.05) is 45.0 Å². The lowest BCUT2D eigenvalue weighted by Crippen LogP contribution is -2.52. The van der Waals surface area contributed by atoms with E-state index < -0.39 is 28.5 Å². The molecule has 0 saturated heterocycles. The van der Waals surface area contributed by atoms with Crippen LogP contribution in [0.5, 0.6) is 5.75 Å². The van der Waals surface area contributed by atoms with Crippen molar-refractivity contribution < 1.29 is 22.7 Å². The smallest absolute Gasteiger partial charge is 0.244 e. The molecule has 0 bridgehead atoms. The Bertz CT molecular complexity index is 1090. The quantitative estimate of drug-likeness (QED) is 0.452. The van der Waals surface area contributed by atoms with Crippen molar-refractivity contribution >= 4 is 27.5 Å². The summed E-state index contributed by atoms with van der Waals surface area (Å²) in [6.45, 7) is 5.99. The van der Waals surface area contributed by atoms with Crippen LogP contribution in [0.1, 0.15) is 44.7 Å². The average molecular weight is 504 g/mol. The molecule has 0 aromatic heterocycles. The number of anilines is 1. The van der Waals surface area contributed by atoms with Gasteiger partial charge < -0.3 is 15.0 Å². The van der Waals surface area contributed by atoms with E-state index in [2.05, 4.69) is 5.32 Å². The molecule has 2 aromatic carbocycles. The Hall–Kier alpha value is -3.07. The summed E-state index contributed by atoms with van der Waals surface area (Å²) in [7, 11) is -2.19. The summed E-state index contributed by atoms with van der Waals surface area (Å²) in [5.41, 5.74) is 2.10. The molecular formula is C26H37N3O5S. The predicted molar refractivity (Wildman–Crippen MR) is 139 cm³/mol. The minimum Gasteiger partial charge on any atom is -0.497 e. The maximum absolute atomic E-state index is 13.7. The van der Waals surface area contributed by atoms with E-state index in [4.69, 9.17) is 4.74 Å². The first-order chi connectivity index (χ1) is 16.7. The minimum absolute atomic E-state index is 0.161. The molecule has 0 aliphatic carbocycles. The number of ether oxygens (including phenoxy) is 1. The molecule has 2 aromatic rings. The summed E-state index contributed by atoms with van der Waals surface area (Å²) in [6, 6.07) is 13.6. The highest BCUT2D eigenvalue weighted by molar-refractivity contribution is 7.92. The summed E-state index contributed by atoms with van der Waals surface area (Å²) < 4.78 is 31.9. The monoisotopic (exact) mass is 503 g/mol.